The van der Waals surface area contributed by atoms with E-state index in [1.54, 1.807) is 12.0 Å². The van der Waals surface area contributed by atoms with Crippen molar-refractivity contribution in [1.29, 1.82) is 0 Å². The molecule has 152 valence electrons. The minimum absolute atomic E-state index is 0.000971. The predicted molar refractivity (Wildman–Crippen MR) is 105 cm³/mol. The van der Waals surface area contributed by atoms with Crippen LogP contribution in [0, 0.1) is 11.8 Å². The van der Waals surface area contributed by atoms with E-state index in [0.717, 1.165) is 43.4 Å². The third-order valence-electron chi connectivity index (χ3n) is 5.87. The third kappa shape index (κ3) is 4.82. The van der Waals surface area contributed by atoms with Gasteiger partial charge in [0.15, 0.2) is 0 Å². The van der Waals surface area contributed by atoms with Crippen LogP contribution in [0.15, 0.2) is 24.3 Å². The van der Waals surface area contributed by atoms with E-state index in [2.05, 4.69) is 5.32 Å². The maximum Gasteiger partial charge on any atom is 0.225 e. The van der Waals surface area contributed by atoms with Gasteiger partial charge in [0, 0.05) is 50.1 Å². The summed E-state index contributed by atoms with van der Waals surface area (Å²) >= 11 is 0. The second-order valence-corrected chi connectivity index (χ2v) is 7.54. The Morgan fingerprint density at radius 1 is 1.07 bits per heavy atom. The van der Waals surface area contributed by atoms with Gasteiger partial charge in [-0.2, -0.15) is 0 Å². The van der Waals surface area contributed by atoms with E-state index in [1.807, 2.05) is 29.2 Å². The van der Waals surface area contributed by atoms with Crippen molar-refractivity contribution in [3.63, 3.8) is 0 Å². The number of ether oxygens (including phenoxy) is 1. The van der Waals surface area contributed by atoms with Crippen LogP contribution < -0.4 is 10.1 Å². The fraction of sp³-hybridized carbons (Fsp3) is 0.571. The summed E-state index contributed by atoms with van der Waals surface area (Å²) in [5.74, 6) is 0.966. The lowest BCUT2D eigenvalue weighted by Crippen LogP contribution is -2.50. The topological polar surface area (TPSA) is 79.0 Å². The lowest BCUT2D eigenvalue weighted by Gasteiger charge is -2.36. The van der Waals surface area contributed by atoms with Crippen LogP contribution in [-0.2, 0) is 20.9 Å². The molecule has 3 amide bonds. The van der Waals surface area contributed by atoms with Crippen molar-refractivity contribution in [2.24, 2.45) is 11.8 Å². The quantitative estimate of drug-likeness (QED) is 0.749. The highest BCUT2D eigenvalue weighted by molar-refractivity contribution is 5.81. The number of nitrogens with one attached hydrogen (secondary N) is 1. The first-order valence-electron chi connectivity index (χ1n) is 10.00. The zero-order valence-corrected chi connectivity index (χ0v) is 16.4. The molecule has 1 aliphatic heterocycles. The Kier molecular flexibility index (Phi) is 6.90. The van der Waals surface area contributed by atoms with Gasteiger partial charge < -0.3 is 19.9 Å². The van der Waals surface area contributed by atoms with Gasteiger partial charge in [-0.3, -0.25) is 14.4 Å². The molecule has 1 heterocycles. The van der Waals surface area contributed by atoms with Crippen LogP contribution in [0.25, 0.3) is 0 Å². The number of benzene rings is 1. The molecular formula is C21H29N3O4. The molecule has 28 heavy (non-hydrogen) atoms. The largest absolute Gasteiger partial charge is 0.496 e. The molecule has 0 atom stereocenters. The van der Waals surface area contributed by atoms with Gasteiger partial charge in [0.2, 0.25) is 18.2 Å². The van der Waals surface area contributed by atoms with Crippen LogP contribution in [0.2, 0.25) is 0 Å². The normalized spacial score (nSPS) is 22.5. The van der Waals surface area contributed by atoms with Gasteiger partial charge in [0.25, 0.3) is 0 Å². The van der Waals surface area contributed by atoms with Crippen LogP contribution in [0.3, 0.4) is 0 Å². The van der Waals surface area contributed by atoms with E-state index in [-0.39, 0.29) is 23.7 Å². The first kappa shape index (κ1) is 20.2. The summed E-state index contributed by atoms with van der Waals surface area (Å²) in [5.41, 5.74) is 0.955. The van der Waals surface area contributed by atoms with Crippen molar-refractivity contribution in [3.8, 4) is 5.75 Å². The summed E-state index contributed by atoms with van der Waals surface area (Å²) in [6.45, 7) is 2.88. The van der Waals surface area contributed by atoms with Crippen molar-refractivity contribution in [1.82, 2.24) is 15.1 Å². The number of nitrogens with zero attached hydrogens (tertiary/aromatic N) is 2. The summed E-state index contributed by atoms with van der Waals surface area (Å²) < 4.78 is 5.32. The first-order valence-corrected chi connectivity index (χ1v) is 10.00. The summed E-state index contributed by atoms with van der Waals surface area (Å²) in [5, 5.41) is 3.01. The van der Waals surface area contributed by atoms with Gasteiger partial charge in [-0.1, -0.05) is 18.2 Å². The van der Waals surface area contributed by atoms with Gasteiger partial charge in [0.05, 0.1) is 7.11 Å². The summed E-state index contributed by atoms with van der Waals surface area (Å²) in [4.78, 5) is 39.6. The molecule has 1 aromatic carbocycles. The highest BCUT2D eigenvalue weighted by atomic mass is 16.5. The van der Waals surface area contributed by atoms with E-state index < -0.39 is 0 Å². The van der Waals surface area contributed by atoms with E-state index in [1.165, 1.54) is 0 Å². The molecule has 7 heteroatoms. The minimum Gasteiger partial charge on any atom is -0.496 e. The van der Waals surface area contributed by atoms with E-state index in [9.17, 15) is 14.4 Å². The zero-order chi connectivity index (χ0) is 19.9. The van der Waals surface area contributed by atoms with Crippen molar-refractivity contribution < 1.29 is 19.1 Å². The number of methoxy groups -OCH3 is 1. The molecular weight excluding hydrogens is 358 g/mol. The molecule has 2 aliphatic rings. The monoisotopic (exact) mass is 387 g/mol. The van der Waals surface area contributed by atoms with E-state index in [4.69, 9.17) is 4.74 Å². The number of piperazine rings is 1. The Hall–Kier alpha value is -2.57. The SMILES string of the molecule is COc1ccccc1CNC(=O)C1CCC(C(=O)N2CCN(C=O)CC2)CC1. The van der Waals surface area contributed by atoms with E-state index in [0.29, 0.717) is 32.7 Å². The molecule has 1 aromatic rings. The number of hydrogen-bond acceptors (Lipinski definition) is 4. The van der Waals surface area contributed by atoms with Gasteiger partial charge in [-0.25, -0.2) is 0 Å². The van der Waals surface area contributed by atoms with Crippen LogP contribution >= 0.6 is 0 Å². The molecule has 3 rings (SSSR count). The van der Waals surface area contributed by atoms with Crippen LogP contribution in [0.1, 0.15) is 31.2 Å². The maximum atomic E-state index is 12.7. The highest BCUT2D eigenvalue weighted by Crippen LogP contribution is 2.30. The number of rotatable bonds is 6. The second kappa shape index (κ2) is 9.57. The maximum absolute atomic E-state index is 12.7. The molecule has 1 N–H and O–H groups in total. The number of para-hydroxylation sites is 1. The lowest BCUT2D eigenvalue weighted by molar-refractivity contribution is -0.141. The molecule has 0 bridgehead atoms. The number of carbonyl (C=O) groups is 3. The first-order chi connectivity index (χ1) is 13.6. The second-order valence-electron chi connectivity index (χ2n) is 7.54. The number of amides is 3. The van der Waals surface area contributed by atoms with Crippen molar-refractivity contribution in [2.45, 2.75) is 32.2 Å². The lowest BCUT2D eigenvalue weighted by atomic mass is 9.80. The average Bonchev–Trinajstić information content (AvgIpc) is 2.77. The van der Waals surface area contributed by atoms with Gasteiger partial charge in [0.1, 0.15) is 5.75 Å². The number of hydrogen-bond donors (Lipinski definition) is 1. The highest BCUT2D eigenvalue weighted by Gasteiger charge is 2.33. The molecule has 7 nitrogen and oxygen atoms in total. The molecule has 1 saturated carbocycles. The number of carbonyl (C=O) groups excluding carboxylic acids is 3. The summed E-state index contributed by atoms with van der Waals surface area (Å²) in [7, 11) is 1.62. The molecule has 0 aromatic heterocycles. The Morgan fingerprint density at radius 3 is 2.36 bits per heavy atom. The molecule has 1 aliphatic carbocycles. The molecule has 0 unspecified atom stereocenters. The molecule has 0 spiro atoms. The Balaban J connectivity index is 1.44. The zero-order valence-electron chi connectivity index (χ0n) is 16.4. The third-order valence-corrected chi connectivity index (χ3v) is 5.87. The summed E-state index contributed by atoms with van der Waals surface area (Å²) in [6.07, 6.45) is 3.82. The van der Waals surface area contributed by atoms with Gasteiger partial charge in [-0.05, 0) is 31.7 Å². The Labute approximate surface area is 166 Å². The standard InChI is InChI=1S/C21H29N3O4/c1-28-19-5-3-2-4-18(19)14-22-20(26)16-6-8-17(9-7-16)21(27)24-12-10-23(15-25)11-13-24/h2-5,15-17H,6-14H2,1H3,(H,22,26). The van der Waals surface area contributed by atoms with Crippen molar-refractivity contribution in [2.75, 3.05) is 33.3 Å². The fourth-order valence-corrected chi connectivity index (χ4v) is 4.08. The van der Waals surface area contributed by atoms with E-state index >= 15 is 0 Å². The van der Waals surface area contributed by atoms with Crippen molar-refractivity contribution >= 4 is 18.2 Å². The van der Waals surface area contributed by atoms with Gasteiger partial charge >= 0.3 is 0 Å². The Morgan fingerprint density at radius 2 is 1.71 bits per heavy atom. The fourth-order valence-electron chi connectivity index (χ4n) is 4.08. The average molecular weight is 387 g/mol. The van der Waals surface area contributed by atoms with Gasteiger partial charge in [-0.15, -0.1) is 0 Å². The molecule has 2 fully saturated rings. The molecule has 0 radical (unpaired) electrons. The van der Waals surface area contributed by atoms with Crippen LogP contribution in [0.4, 0.5) is 0 Å². The summed E-state index contributed by atoms with van der Waals surface area (Å²) in [6, 6.07) is 7.66. The minimum atomic E-state index is -0.0364. The smallest absolute Gasteiger partial charge is 0.225 e. The Bertz CT molecular complexity index is 693. The van der Waals surface area contributed by atoms with Crippen LogP contribution in [0.5, 0.6) is 5.75 Å². The molecule has 1 saturated heterocycles. The van der Waals surface area contributed by atoms with Crippen molar-refractivity contribution in [3.05, 3.63) is 29.8 Å². The predicted octanol–water partition coefficient (Wildman–Crippen LogP) is 1.42. The van der Waals surface area contributed by atoms with Crippen LogP contribution in [-0.4, -0.2) is 61.3 Å².